The zero-order chi connectivity index (χ0) is 14.0. The number of nitrogens with two attached hydrogens (primary N) is 1. The Morgan fingerprint density at radius 1 is 1.37 bits per heavy atom. The molecule has 1 fully saturated rings. The molecule has 0 aliphatic carbocycles. The lowest BCUT2D eigenvalue weighted by molar-refractivity contribution is -0.161. The smallest absolute Gasteiger partial charge is 0.192 e. The number of benzene rings is 1. The molecule has 0 bridgehead atoms. The number of rotatable bonds is 4. The topological polar surface area (TPSA) is 53.7 Å². The molecule has 2 atom stereocenters. The molecule has 1 aromatic rings. The molecule has 0 spiro atoms. The summed E-state index contributed by atoms with van der Waals surface area (Å²) in [4.78, 5) is 0. The summed E-state index contributed by atoms with van der Waals surface area (Å²) in [6.07, 6.45) is -0.0312. The van der Waals surface area contributed by atoms with Crippen molar-refractivity contribution in [1.82, 2.24) is 0 Å². The SMILES string of the molecule is CCOc1cc(C)c(C2(C)OCC(CN)O2)cc1C. The lowest BCUT2D eigenvalue weighted by Crippen LogP contribution is -2.28. The van der Waals surface area contributed by atoms with Gasteiger partial charge in [0, 0.05) is 12.1 Å². The second kappa shape index (κ2) is 5.49. The van der Waals surface area contributed by atoms with Gasteiger partial charge in [-0.1, -0.05) is 0 Å². The van der Waals surface area contributed by atoms with Crippen LogP contribution in [0.5, 0.6) is 5.75 Å². The summed E-state index contributed by atoms with van der Waals surface area (Å²) in [6.45, 7) is 9.70. The fourth-order valence-electron chi connectivity index (χ4n) is 2.49. The fourth-order valence-corrected chi connectivity index (χ4v) is 2.49. The van der Waals surface area contributed by atoms with E-state index in [0.717, 1.165) is 22.4 Å². The molecule has 1 heterocycles. The van der Waals surface area contributed by atoms with Gasteiger partial charge in [0.2, 0.25) is 0 Å². The summed E-state index contributed by atoms with van der Waals surface area (Å²) in [5.74, 6) is 0.213. The molecule has 0 radical (unpaired) electrons. The van der Waals surface area contributed by atoms with E-state index in [0.29, 0.717) is 19.8 Å². The van der Waals surface area contributed by atoms with E-state index in [9.17, 15) is 0 Å². The van der Waals surface area contributed by atoms with Crippen molar-refractivity contribution >= 4 is 0 Å². The van der Waals surface area contributed by atoms with Crippen molar-refractivity contribution in [2.24, 2.45) is 5.73 Å². The molecule has 1 aliphatic heterocycles. The van der Waals surface area contributed by atoms with Crippen molar-refractivity contribution in [2.45, 2.75) is 39.6 Å². The first-order valence-corrected chi connectivity index (χ1v) is 6.76. The molecule has 4 nitrogen and oxygen atoms in total. The lowest BCUT2D eigenvalue weighted by Gasteiger charge is -2.26. The predicted molar refractivity (Wildman–Crippen MR) is 74.3 cm³/mol. The minimum atomic E-state index is -0.705. The largest absolute Gasteiger partial charge is 0.494 e. The zero-order valence-electron chi connectivity index (χ0n) is 12.2. The third-order valence-electron chi connectivity index (χ3n) is 3.51. The Labute approximate surface area is 114 Å². The highest BCUT2D eigenvalue weighted by molar-refractivity contribution is 5.43. The third kappa shape index (κ3) is 2.76. The van der Waals surface area contributed by atoms with Crippen LogP contribution < -0.4 is 10.5 Å². The first kappa shape index (κ1) is 14.3. The second-order valence-corrected chi connectivity index (χ2v) is 5.10. The molecular weight excluding hydrogens is 242 g/mol. The molecule has 1 aromatic carbocycles. The highest BCUT2D eigenvalue weighted by Gasteiger charge is 2.39. The first-order chi connectivity index (χ1) is 9.00. The van der Waals surface area contributed by atoms with E-state index in [-0.39, 0.29) is 6.10 Å². The first-order valence-electron chi connectivity index (χ1n) is 6.76. The Morgan fingerprint density at radius 2 is 2.11 bits per heavy atom. The van der Waals surface area contributed by atoms with Gasteiger partial charge in [0.1, 0.15) is 5.75 Å². The maximum Gasteiger partial charge on any atom is 0.192 e. The second-order valence-electron chi connectivity index (χ2n) is 5.10. The third-order valence-corrected chi connectivity index (χ3v) is 3.51. The fraction of sp³-hybridized carbons (Fsp3) is 0.600. The molecule has 0 aromatic heterocycles. The minimum absolute atomic E-state index is 0.0312. The number of ether oxygens (including phenoxy) is 3. The van der Waals surface area contributed by atoms with Crippen LogP contribution in [0.1, 0.15) is 30.5 Å². The Balaban J connectivity index is 2.33. The van der Waals surface area contributed by atoms with Crippen LogP contribution in [0.2, 0.25) is 0 Å². The Kier molecular flexibility index (Phi) is 4.13. The number of hydrogen-bond acceptors (Lipinski definition) is 4. The van der Waals surface area contributed by atoms with Gasteiger partial charge in [0.15, 0.2) is 5.79 Å². The van der Waals surface area contributed by atoms with Crippen LogP contribution in [-0.2, 0) is 15.3 Å². The Hall–Kier alpha value is -1.10. The highest BCUT2D eigenvalue weighted by Crippen LogP contribution is 2.37. The van der Waals surface area contributed by atoms with E-state index in [1.54, 1.807) is 0 Å². The molecule has 2 rings (SSSR count). The van der Waals surface area contributed by atoms with Crippen LogP contribution in [0.15, 0.2) is 12.1 Å². The van der Waals surface area contributed by atoms with Crippen molar-refractivity contribution < 1.29 is 14.2 Å². The van der Waals surface area contributed by atoms with Crippen molar-refractivity contribution in [3.05, 3.63) is 28.8 Å². The van der Waals surface area contributed by atoms with Crippen LogP contribution in [0.4, 0.5) is 0 Å². The van der Waals surface area contributed by atoms with Gasteiger partial charge in [-0.05, 0) is 51.0 Å². The molecule has 2 unspecified atom stereocenters. The standard InChI is InChI=1S/C15H23NO3/c1-5-17-14-7-10(2)13(6-11(14)3)15(4)18-9-12(8-16)19-15/h6-7,12H,5,8-9,16H2,1-4H3. The van der Waals surface area contributed by atoms with E-state index in [1.165, 1.54) is 0 Å². The molecule has 1 saturated heterocycles. The van der Waals surface area contributed by atoms with Crippen LogP contribution in [0.25, 0.3) is 0 Å². The highest BCUT2D eigenvalue weighted by atomic mass is 16.7. The zero-order valence-corrected chi connectivity index (χ0v) is 12.2. The van der Waals surface area contributed by atoms with E-state index in [4.69, 9.17) is 19.9 Å². The summed E-state index contributed by atoms with van der Waals surface area (Å²) in [7, 11) is 0. The lowest BCUT2D eigenvalue weighted by atomic mass is 9.98. The molecule has 2 N–H and O–H groups in total. The summed E-state index contributed by atoms with van der Waals surface area (Å²) in [5.41, 5.74) is 8.88. The molecular formula is C15H23NO3. The monoisotopic (exact) mass is 265 g/mol. The summed E-state index contributed by atoms with van der Waals surface area (Å²) < 4.78 is 17.4. The maximum atomic E-state index is 5.93. The van der Waals surface area contributed by atoms with Crippen molar-refractivity contribution in [2.75, 3.05) is 19.8 Å². The van der Waals surface area contributed by atoms with E-state index < -0.39 is 5.79 Å². The van der Waals surface area contributed by atoms with Gasteiger partial charge in [-0.2, -0.15) is 0 Å². The predicted octanol–water partition coefficient (Wildman–Crippen LogP) is 2.25. The molecule has 0 amide bonds. The van der Waals surface area contributed by atoms with Crippen LogP contribution >= 0.6 is 0 Å². The van der Waals surface area contributed by atoms with Gasteiger partial charge in [-0.3, -0.25) is 0 Å². The summed E-state index contributed by atoms with van der Waals surface area (Å²) in [6, 6.07) is 4.13. The molecule has 0 saturated carbocycles. The molecule has 1 aliphatic rings. The number of aryl methyl sites for hydroxylation is 2. The number of hydrogen-bond donors (Lipinski definition) is 1. The van der Waals surface area contributed by atoms with E-state index in [1.807, 2.05) is 33.8 Å². The molecule has 106 valence electrons. The van der Waals surface area contributed by atoms with E-state index >= 15 is 0 Å². The van der Waals surface area contributed by atoms with Crippen LogP contribution in [0, 0.1) is 13.8 Å². The van der Waals surface area contributed by atoms with Gasteiger partial charge in [-0.15, -0.1) is 0 Å². The van der Waals surface area contributed by atoms with Gasteiger partial charge >= 0.3 is 0 Å². The van der Waals surface area contributed by atoms with Crippen LogP contribution in [0.3, 0.4) is 0 Å². The van der Waals surface area contributed by atoms with Gasteiger partial charge in [0.25, 0.3) is 0 Å². The normalized spacial score (nSPS) is 26.7. The Bertz CT molecular complexity index is 461. The minimum Gasteiger partial charge on any atom is -0.494 e. The van der Waals surface area contributed by atoms with E-state index in [2.05, 4.69) is 6.07 Å². The Morgan fingerprint density at radius 3 is 2.68 bits per heavy atom. The van der Waals surface area contributed by atoms with Crippen molar-refractivity contribution in [3.8, 4) is 5.75 Å². The van der Waals surface area contributed by atoms with Crippen molar-refractivity contribution in [3.63, 3.8) is 0 Å². The quantitative estimate of drug-likeness (QED) is 0.907. The van der Waals surface area contributed by atoms with Gasteiger partial charge in [-0.25, -0.2) is 0 Å². The van der Waals surface area contributed by atoms with Gasteiger partial charge in [0.05, 0.1) is 19.3 Å². The van der Waals surface area contributed by atoms with Crippen molar-refractivity contribution in [1.29, 1.82) is 0 Å². The maximum absolute atomic E-state index is 5.93. The average molecular weight is 265 g/mol. The molecule has 19 heavy (non-hydrogen) atoms. The van der Waals surface area contributed by atoms with Gasteiger partial charge < -0.3 is 19.9 Å². The summed E-state index contributed by atoms with van der Waals surface area (Å²) in [5, 5.41) is 0. The summed E-state index contributed by atoms with van der Waals surface area (Å²) >= 11 is 0. The molecule has 4 heteroatoms. The average Bonchev–Trinajstić information content (AvgIpc) is 2.76. The van der Waals surface area contributed by atoms with Crippen LogP contribution in [-0.4, -0.2) is 25.9 Å².